The molecule has 4 aromatic rings. The molecular formula is C27H22Cl4N4O. The fourth-order valence-electron chi connectivity index (χ4n) is 4.56. The molecule has 0 saturated carbocycles. The SMILES string of the molecule is O=C(NCc1ccnc(Cl)c1)n1c2c(c3cccc(Cl)c31)CN(C/C=C/c1ccc(Cl)c(Cl)c1)CC2. The van der Waals surface area contributed by atoms with Gasteiger partial charge in [0.1, 0.15) is 5.15 Å². The van der Waals surface area contributed by atoms with Crippen molar-refractivity contribution in [3.05, 3.63) is 103 Å². The number of benzene rings is 2. The normalized spacial score (nSPS) is 13.9. The number of aromatic nitrogens is 2. The van der Waals surface area contributed by atoms with E-state index in [0.29, 0.717) is 26.8 Å². The van der Waals surface area contributed by atoms with E-state index in [1.807, 2.05) is 42.5 Å². The van der Waals surface area contributed by atoms with Crippen LogP contribution in [0.3, 0.4) is 0 Å². The van der Waals surface area contributed by atoms with Crippen molar-refractivity contribution in [2.45, 2.75) is 19.5 Å². The molecule has 3 heterocycles. The van der Waals surface area contributed by atoms with Gasteiger partial charge in [0.15, 0.2) is 0 Å². The zero-order valence-corrected chi connectivity index (χ0v) is 22.2. The molecule has 1 N–H and O–H groups in total. The average Bonchev–Trinajstić information content (AvgIpc) is 3.20. The van der Waals surface area contributed by atoms with Crippen LogP contribution in [0.1, 0.15) is 22.4 Å². The quantitative estimate of drug-likeness (QED) is 0.258. The number of nitrogens with zero attached hydrogens (tertiary/aromatic N) is 3. The van der Waals surface area contributed by atoms with Gasteiger partial charge in [0, 0.05) is 49.9 Å². The van der Waals surface area contributed by atoms with E-state index >= 15 is 0 Å². The Morgan fingerprint density at radius 2 is 1.89 bits per heavy atom. The van der Waals surface area contributed by atoms with Gasteiger partial charge in [-0.25, -0.2) is 9.78 Å². The Balaban J connectivity index is 1.37. The lowest BCUT2D eigenvalue weighted by molar-refractivity contribution is 0.240. The van der Waals surface area contributed by atoms with E-state index in [-0.39, 0.29) is 6.03 Å². The fraction of sp³-hybridized carbons (Fsp3) is 0.185. The van der Waals surface area contributed by atoms with Gasteiger partial charge in [-0.15, -0.1) is 0 Å². The maximum Gasteiger partial charge on any atom is 0.326 e. The van der Waals surface area contributed by atoms with Crippen LogP contribution in [0.5, 0.6) is 0 Å². The van der Waals surface area contributed by atoms with Gasteiger partial charge in [-0.3, -0.25) is 9.47 Å². The third-order valence-electron chi connectivity index (χ3n) is 6.26. The van der Waals surface area contributed by atoms with Gasteiger partial charge in [0.2, 0.25) is 0 Å². The largest absolute Gasteiger partial charge is 0.333 e. The summed E-state index contributed by atoms with van der Waals surface area (Å²) in [4.78, 5) is 19.7. The van der Waals surface area contributed by atoms with Crippen LogP contribution in [0.4, 0.5) is 4.79 Å². The molecule has 5 rings (SSSR count). The number of nitrogens with one attached hydrogen (secondary N) is 1. The maximum absolute atomic E-state index is 13.4. The summed E-state index contributed by atoms with van der Waals surface area (Å²) in [5.41, 5.74) is 4.73. The van der Waals surface area contributed by atoms with Gasteiger partial charge in [-0.05, 0) is 47.0 Å². The molecule has 0 unspecified atom stereocenters. The van der Waals surface area contributed by atoms with Crippen molar-refractivity contribution in [1.29, 1.82) is 0 Å². The summed E-state index contributed by atoms with van der Waals surface area (Å²) in [7, 11) is 0. The molecule has 2 aromatic carbocycles. The first-order valence-corrected chi connectivity index (χ1v) is 12.9. The molecule has 184 valence electrons. The lowest BCUT2D eigenvalue weighted by atomic mass is 10.0. The lowest BCUT2D eigenvalue weighted by Crippen LogP contribution is -2.34. The Kier molecular flexibility index (Phi) is 7.56. The average molecular weight is 560 g/mol. The van der Waals surface area contributed by atoms with Crippen LogP contribution in [-0.2, 0) is 19.5 Å². The Morgan fingerprint density at radius 1 is 1.03 bits per heavy atom. The molecule has 0 saturated heterocycles. The van der Waals surface area contributed by atoms with Crippen molar-refractivity contribution in [3.63, 3.8) is 0 Å². The van der Waals surface area contributed by atoms with Crippen molar-refractivity contribution < 1.29 is 4.79 Å². The van der Waals surface area contributed by atoms with Crippen LogP contribution in [0.25, 0.3) is 17.0 Å². The molecule has 0 aliphatic carbocycles. The van der Waals surface area contributed by atoms with Crippen LogP contribution < -0.4 is 5.32 Å². The summed E-state index contributed by atoms with van der Waals surface area (Å²) in [6.07, 6.45) is 6.51. The first-order chi connectivity index (χ1) is 17.4. The number of carbonyl (C=O) groups excluding carboxylic acids is 1. The molecule has 0 radical (unpaired) electrons. The number of hydrogen-bond acceptors (Lipinski definition) is 3. The highest BCUT2D eigenvalue weighted by atomic mass is 35.5. The van der Waals surface area contributed by atoms with E-state index in [9.17, 15) is 4.79 Å². The summed E-state index contributed by atoms with van der Waals surface area (Å²) >= 11 is 24.7. The van der Waals surface area contributed by atoms with Crippen molar-refractivity contribution in [2.24, 2.45) is 0 Å². The number of carbonyl (C=O) groups is 1. The first-order valence-electron chi connectivity index (χ1n) is 11.4. The van der Waals surface area contributed by atoms with Gasteiger partial charge in [-0.1, -0.05) is 76.8 Å². The second kappa shape index (κ2) is 10.8. The van der Waals surface area contributed by atoms with Crippen LogP contribution in [0.15, 0.2) is 60.8 Å². The molecule has 0 bridgehead atoms. The van der Waals surface area contributed by atoms with E-state index in [1.54, 1.807) is 22.9 Å². The Hall–Kier alpha value is -2.54. The van der Waals surface area contributed by atoms with E-state index in [2.05, 4.69) is 21.3 Å². The predicted octanol–water partition coefficient (Wildman–Crippen LogP) is 7.48. The van der Waals surface area contributed by atoms with Crippen LogP contribution in [-0.4, -0.2) is 33.6 Å². The van der Waals surface area contributed by atoms with Gasteiger partial charge < -0.3 is 5.32 Å². The number of fused-ring (bicyclic) bond motifs is 3. The minimum absolute atomic E-state index is 0.213. The molecule has 0 fully saturated rings. The number of pyridine rings is 1. The summed E-state index contributed by atoms with van der Waals surface area (Å²) in [5, 5.41) is 6.02. The minimum atomic E-state index is -0.213. The Labute approximate surface area is 229 Å². The summed E-state index contributed by atoms with van der Waals surface area (Å²) in [6, 6.07) is 14.7. The number of rotatable bonds is 5. The molecule has 1 amide bonds. The number of halogens is 4. The highest BCUT2D eigenvalue weighted by molar-refractivity contribution is 6.42. The van der Waals surface area contributed by atoms with E-state index in [0.717, 1.165) is 59.3 Å². The van der Waals surface area contributed by atoms with E-state index in [4.69, 9.17) is 46.4 Å². The van der Waals surface area contributed by atoms with Gasteiger partial charge in [0.05, 0.1) is 20.6 Å². The van der Waals surface area contributed by atoms with Gasteiger partial charge in [0.25, 0.3) is 0 Å². The first kappa shape index (κ1) is 25.1. The second-order valence-electron chi connectivity index (χ2n) is 8.60. The number of amides is 1. The molecule has 1 aliphatic heterocycles. The Bertz CT molecular complexity index is 1480. The Morgan fingerprint density at radius 3 is 2.69 bits per heavy atom. The van der Waals surface area contributed by atoms with Crippen LogP contribution in [0, 0.1) is 0 Å². The van der Waals surface area contributed by atoms with Gasteiger partial charge in [-0.2, -0.15) is 0 Å². The fourth-order valence-corrected chi connectivity index (χ4v) is 5.32. The number of para-hydroxylation sites is 1. The summed E-state index contributed by atoms with van der Waals surface area (Å²) in [5.74, 6) is 0. The zero-order chi connectivity index (χ0) is 25.2. The highest BCUT2D eigenvalue weighted by Crippen LogP contribution is 2.35. The molecule has 5 nitrogen and oxygen atoms in total. The van der Waals surface area contributed by atoms with E-state index < -0.39 is 0 Å². The van der Waals surface area contributed by atoms with E-state index in [1.165, 1.54) is 0 Å². The third-order valence-corrected chi connectivity index (χ3v) is 7.51. The monoisotopic (exact) mass is 558 g/mol. The standard InChI is InChI=1S/C27H22Cl4N4O/c28-21-7-6-17(13-23(21)30)3-2-11-34-12-9-24-20(16-34)19-4-1-5-22(29)26(19)35(24)27(36)33-15-18-8-10-32-25(31)14-18/h1-8,10,13-14H,9,11-12,15-16H2,(H,33,36)/b3-2+. The van der Waals surface area contributed by atoms with Crippen molar-refractivity contribution in [3.8, 4) is 0 Å². The van der Waals surface area contributed by atoms with Gasteiger partial charge >= 0.3 is 6.03 Å². The molecule has 1 aliphatic rings. The second-order valence-corrected chi connectivity index (χ2v) is 10.2. The van der Waals surface area contributed by atoms with Crippen LogP contribution in [0.2, 0.25) is 20.2 Å². The molecule has 0 atom stereocenters. The molecule has 9 heteroatoms. The van der Waals surface area contributed by atoms with Crippen LogP contribution >= 0.6 is 46.4 Å². The third kappa shape index (κ3) is 5.26. The smallest absolute Gasteiger partial charge is 0.326 e. The van der Waals surface area contributed by atoms with Crippen molar-refractivity contribution in [2.75, 3.05) is 13.1 Å². The number of hydrogen-bond donors (Lipinski definition) is 1. The summed E-state index contributed by atoms with van der Waals surface area (Å²) < 4.78 is 1.73. The summed E-state index contributed by atoms with van der Waals surface area (Å²) in [6.45, 7) is 2.64. The van der Waals surface area contributed by atoms with Crippen molar-refractivity contribution >= 4 is 69.4 Å². The zero-order valence-electron chi connectivity index (χ0n) is 19.1. The lowest BCUT2D eigenvalue weighted by Gasteiger charge is -2.27. The minimum Gasteiger partial charge on any atom is -0.333 e. The molecular weight excluding hydrogens is 538 g/mol. The molecule has 36 heavy (non-hydrogen) atoms. The maximum atomic E-state index is 13.4. The predicted molar refractivity (Wildman–Crippen MR) is 148 cm³/mol. The van der Waals surface area contributed by atoms with Crippen molar-refractivity contribution in [1.82, 2.24) is 19.8 Å². The molecule has 2 aromatic heterocycles. The topological polar surface area (TPSA) is 50.2 Å². The molecule has 0 spiro atoms. The highest BCUT2D eigenvalue weighted by Gasteiger charge is 2.27.